The molecule has 1 fully saturated rings. The van der Waals surface area contributed by atoms with Gasteiger partial charge in [-0.1, -0.05) is 29.8 Å². The second-order valence-electron chi connectivity index (χ2n) is 11.9. The number of aromatic nitrogens is 2. The molecule has 0 atom stereocenters. The van der Waals surface area contributed by atoms with Crippen LogP contribution in [0.25, 0.3) is 0 Å². The minimum Gasteiger partial charge on any atom is -0.457 e. The molecule has 0 spiro atoms. The molecule has 0 amide bonds. The summed E-state index contributed by atoms with van der Waals surface area (Å²) >= 11 is 0.688. The van der Waals surface area contributed by atoms with Gasteiger partial charge in [0.15, 0.2) is 0 Å². The highest BCUT2D eigenvalue weighted by molar-refractivity contribution is 7.90. The molecule has 0 unspecified atom stereocenters. The molecular weight excluding hydrogens is 839 g/mol. The third kappa shape index (κ3) is 7.36. The van der Waals surface area contributed by atoms with E-state index in [0.717, 1.165) is 10.5 Å². The van der Waals surface area contributed by atoms with Gasteiger partial charge in [0, 0.05) is 44.1 Å². The molecule has 2 heterocycles. The lowest BCUT2D eigenvalue weighted by molar-refractivity contribution is -0.458. The van der Waals surface area contributed by atoms with Crippen LogP contribution in [0.1, 0.15) is 23.4 Å². The van der Waals surface area contributed by atoms with Crippen molar-refractivity contribution in [3.63, 3.8) is 0 Å². The number of alkyl halides is 17. The SMILES string of the molecule is Cc1ccc(Oc2ccc(Cc3nsc(N4CCCN(S(=O)(=O)C(F)(F)C(F)(F)C(F)(F)C(F)(F)C(F)(F)C(F)(F)C(F)(F)C(F)(F)F)CC4)n3)cc2)cc1. The summed E-state index contributed by atoms with van der Waals surface area (Å²) in [6, 6.07) is 13.8. The van der Waals surface area contributed by atoms with E-state index in [9.17, 15) is 83.1 Å². The number of anilines is 1. The van der Waals surface area contributed by atoms with E-state index in [-0.39, 0.29) is 23.9 Å². The predicted octanol–water partition coefficient (Wildman–Crippen LogP) is 9.04. The van der Waals surface area contributed by atoms with Crippen molar-refractivity contribution in [3.05, 3.63) is 65.5 Å². The highest BCUT2D eigenvalue weighted by Gasteiger charge is 2.96. The molecule has 26 heteroatoms. The Morgan fingerprint density at radius 3 is 1.62 bits per heavy atom. The summed E-state index contributed by atoms with van der Waals surface area (Å²) in [5, 5.41) is -7.60. The van der Waals surface area contributed by atoms with Crippen molar-refractivity contribution >= 4 is 26.7 Å². The molecule has 1 aliphatic heterocycles. The molecule has 308 valence electrons. The third-order valence-corrected chi connectivity index (χ3v) is 10.8. The Morgan fingerprint density at radius 2 is 1.11 bits per heavy atom. The maximum Gasteiger partial charge on any atom is 0.460 e. The molecule has 1 saturated heterocycles. The minimum absolute atomic E-state index is 0.00402. The highest BCUT2D eigenvalue weighted by Crippen LogP contribution is 2.64. The molecule has 1 aromatic heterocycles. The molecule has 0 saturated carbocycles. The highest BCUT2D eigenvalue weighted by atomic mass is 32.2. The number of rotatable bonds is 13. The number of benzene rings is 2. The number of hydrogen-bond acceptors (Lipinski definition) is 7. The molecule has 2 aromatic carbocycles. The first-order valence-electron chi connectivity index (χ1n) is 15.0. The summed E-state index contributed by atoms with van der Waals surface area (Å²) in [6.45, 7) is -1.74. The van der Waals surface area contributed by atoms with Gasteiger partial charge in [-0.25, -0.2) is 13.4 Å². The number of aryl methyl sites for hydroxylation is 1. The zero-order chi connectivity index (χ0) is 41.8. The lowest BCUT2D eigenvalue weighted by Gasteiger charge is -2.43. The van der Waals surface area contributed by atoms with Gasteiger partial charge in [0.2, 0.25) is 5.13 Å². The molecule has 7 nitrogen and oxygen atoms in total. The van der Waals surface area contributed by atoms with E-state index in [2.05, 4.69) is 9.36 Å². The van der Waals surface area contributed by atoms with E-state index in [1.165, 1.54) is 0 Å². The Morgan fingerprint density at radius 1 is 0.636 bits per heavy atom. The van der Waals surface area contributed by atoms with E-state index >= 15 is 0 Å². The van der Waals surface area contributed by atoms with Crippen LogP contribution >= 0.6 is 11.5 Å². The second kappa shape index (κ2) is 14.4. The third-order valence-electron chi connectivity index (χ3n) is 8.08. The first-order valence-corrected chi connectivity index (χ1v) is 17.2. The Hall–Kier alpha value is -3.68. The molecule has 3 aromatic rings. The van der Waals surface area contributed by atoms with Crippen LogP contribution in [0.4, 0.5) is 79.8 Å². The molecule has 0 N–H and O–H groups in total. The fourth-order valence-corrected chi connectivity index (χ4v) is 7.05. The van der Waals surface area contributed by atoms with Crippen molar-refractivity contribution in [1.82, 2.24) is 13.7 Å². The fourth-order valence-electron chi connectivity index (χ4n) is 4.84. The zero-order valence-electron chi connectivity index (χ0n) is 27.1. The van der Waals surface area contributed by atoms with Crippen LogP contribution in [0.3, 0.4) is 0 Å². The van der Waals surface area contributed by atoms with E-state index in [0.29, 0.717) is 28.6 Å². The first-order chi connectivity index (χ1) is 24.9. The number of ether oxygens (including phenoxy) is 1. The van der Waals surface area contributed by atoms with Crippen LogP contribution in [0, 0.1) is 6.92 Å². The lowest BCUT2D eigenvalue weighted by Crippen LogP contribution is -2.75. The summed E-state index contributed by atoms with van der Waals surface area (Å²) in [5.41, 5.74) is 1.67. The number of nitrogens with zero attached hydrogens (tertiary/aromatic N) is 4. The van der Waals surface area contributed by atoms with Gasteiger partial charge < -0.3 is 9.64 Å². The van der Waals surface area contributed by atoms with Crippen LogP contribution in [-0.4, -0.2) is 95.2 Å². The fraction of sp³-hybridized carbons (Fsp3) is 0.517. The summed E-state index contributed by atoms with van der Waals surface area (Å²) in [4.78, 5) is 5.37. The molecular formula is C29H23F17N4O3S2. The summed E-state index contributed by atoms with van der Waals surface area (Å²) < 4.78 is 268. The largest absolute Gasteiger partial charge is 0.460 e. The van der Waals surface area contributed by atoms with E-state index < -0.39 is 87.3 Å². The number of halogens is 17. The topological polar surface area (TPSA) is 75.6 Å². The van der Waals surface area contributed by atoms with Crippen molar-refractivity contribution in [2.24, 2.45) is 0 Å². The van der Waals surface area contributed by atoms with Crippen LogP contribution in [0.5, 0.6) is 11.5 Å². The standard InChI is InChI=1S/C29H23F17N4O3S2/c1-16-3-7-18(8-4-16)53-19-9-5-17(6-10-19)15-20-47-21(54-48-20)49-11-2-12-50(14-13-49)55(51,52)29(45,46)27(40,41)25(36,37)23(32,33)22(30,31)24(34,35)26(38,39)28(42,43)44/h3-10H,2,11-15H2,1H3. The Labute approximate surface area is 302 Å². The molecule has 0 aliphatic carbocycles. The van der Waals surface area contributed by atoms with Crippen LogP contribution < -0.4 is 9.64 Å². The van der Waals surface area contributed by atoms with E-state index in [1.807, 2.05) is 19.1 Å². The van der Waals surface area contributed by atoms with Crippen molar-refractivity contribution in [2.75, 3.05) is 31.1 Å². The molecule has 1 aliphatic rings. The predicted molar refractivity (Wildman–Crippen MR) is 158 cm³/mol. The maximum atomic E-state index is 14.8. The van der Waals surface area contributed by atoms with Gasteiger partial charge >= 0.3 is 47.0 Å². The Balaban J connectivity index is 1.49. The van der Waals surface area contributed by atoms with Gasteiger partial charge in [-0.05, 0) is 43.2 Å². The smallest absolute Gasteiger partial charge is 0.457 e. The van der Waals surface area contributed by atoms with Gasteiger partial charge in [0.05, 0.1) is 0 Å². The molecule has 55 heavy (non-hydrogen) atoms. The molecule has 4 rings (SSSR count). The monoisotopic (exact) mass is 862 g/mol. The van der Waals surface area contributed by atoms with Crippen LogP contribution in [0.15, 0.2) is 48.5 Å². The van der Waals surface area contributed by atoms with Gasteiger partial charge in [0.25, 0.3) is 10.0 Å². The van der Waals surface area contributed by atoms with Crippen molar-refractivity contribution in [3.8, 4) is 11.5 Å². The quantitative estimate of drug-likeness (QED) is 0.160. The van der Waals surface area contributed by atoms with Gasteiger partial charge in [-0.3, -0.25) is 0 Å². The van der Waals surface area contributed by atoms with E-state index in [4.69, 9.17) is 4.74 Å². The maximum absolute atomic E-state index is 14.8. The van der Waals surface area contributed by atoms with Gasteiger partial charge in [-0.15, -0.1) is 0 Å². The summed E-state index contributed by atoms with van der Waals surface area (Å²) in [6.07, 6.45) is -8.39. The zero-order valence-corrected chi connectivity index (χ0v) is 28.7. The summed E-state index contributed by atoms with van der Waals surface area (Å²) in [5.74, 6) is -50.6. The number of sulfonamides is 1. The van der Waals surface area contributed by atoms with Crippen molar-refractivity contribution in [1.29, 1.82) is 0 Å². The van der Waals surface area contributed by atoms with Gasteiger partial charge in [0.1, 0.15) is 17.3 Å². The minimum atomic E-state index is -8.89. The van der Waals surface area contributed by atoms with Crippen molar-refractivity contribution < 1.29 is 87.8 Å². The average molecular weight is 863 g/mol. The number of hydrogen-bond donors (Lipinski definition) is 0. The average Bonchev–Trinajstić information content (AvgIpc) is 3.39. The molecule has 0 radical (unpaired) electrons. The molecule has 0 bridgehead atoms. The second-order valence-corrected chi connectivity index (χ2v) is 14.6. The van der Waals surface area contributed by atoms with Gasteiger partial charge in [-0.2, -0.15) is 83.3 Å². The summed E-state index contributed by atoms with van der Waals surface area (Å²) in [7, 11) is -7.38. The normalized spacial score (nSPS) is 16.7. The van der Waals surface area contributed by atoms with E-state index in [1.54, 1.807) is 36.4 Å². The van der Waals surface area contributed by atoms with Crippen molar-refractivity contribution in [2.45, 2.75) is 66.7 Å². The Bertz CT molecular complexity index is 1920. The first kappa shape index (κ1) is 44.0. The van der Waals surface area contributed by atoms with Crippen LogP contribution in [0.2, 0.25) is 0 Å². The Kier molecular flexibility index (Phi) is 11.5. The van der Waals surface area contributed by atoms with Crippen LogP contribution in [-0.2, 0) is 16.4 Å². The lowest BCUT2D eigenvalue weighted by atomic mass is 9.91.